The molecular formula is C13H21N5O. The molecule has 6 nitrogen and oxygen atoms in total. The van der Waals surface area contributed by atoms with Gasteiger partial charge in [-0.05, 0) is 21.0 Å². The first-order valence-corrected chi connectivity index (χ1v) is 6.16. The first-order chi connectivity index (χ1) is 9.02. The van der Waals surface area contributed by atoms with Gasteiger partial charge >= 0.3 is 0 Å². The van der Waals surface area contributed by atoms with Crippen molar-refractivity contribution in [1.29, 1.82) is 0 Å². The molecule has 1 rings (SSSR count). The van der Waals surface area contributed by atoms with Gasteiger partial charge < -0.3 is 15.5 Å². The Balaban J connectivity index is 2.70. The minimum absolute atomic E-state index is 0.221. The lowest BCUT2D eigenvalue weighted by Gasteiger charge is -2.11. The highest BCUT2D eigenvalue weighted by molar-refractivity contribution is 5.93. The molecule has 0 aromatic carbocycles. The number of nitrogens with one attached hydrogen (secondary N) is 2. The van der Waals surface area contributed by atoms with Crippen molar-refractivity contribution in [2.24, 2.45) is 0 Å². The van der Waals surface area contributed by atoms with Crippen LogP contribution in [0.1, 0.15) is 16.3 Å². The van der Waals surface area contributed by atoms with Crippen LogP contribution in [0.3, 0.4) is 0 Å². The summed E-state index contributed by atoms with van der Waals surface area (Å²) in [6, 6.07) is 1.65. The predicted octanol–water partition coefficient (Wildman–Crippen LogP) is 0.674. The van der Waals surface area contributed by atoms with Crippen molar-refractivity contribution in [3.63, 3.8) is 0 Å². The number of amides is 1. The zero-order chi connectivity index (χ0) is 14.3. The average molecular weight is 263 g/mol. The topological polar surface area (TPSA) is 70.2 Å². The molecule has 0 fully saturated rings. The number of anilines is 1. The molecule has 1 aromatic rings. The quantitative estimate of drug-likeness (QED) is 0.708. The van der Waals surface area contributed by atoms with Crippen LogP contribution in [0.25, 0.3) is 0 Å². The normalized spacial score (nSPS) is 10.3. The van der Waals surface area contributed by atoms with E-state index < -0.39 is 0 Å². The molecule has 0 unspecified atom stereocenters. The molecule has 0 spiro atoms. The SMILES string of the molecule is C=CCNC(=O)c1cc(NCCN(C)C)nc(C)n1. The number of carbonyl (C=O) groups excluding carboxylic acids is 1. The van der Waals surface area contributed by atoms with Crippen LogP contribution >= 0.6 is 0 Å². The molecule has 0 bridgehead atoms. The lowest BCUT2D eigenvalue weighted by atomic mass is 10.3. The largest absolute Gasteiger partial charge is 0.369 e. The summed E-state index contributed by atoms with van der Waals surface area (Å²) in [5.74, 6) is 1.01. The van der Waals surface area contributed by atoms with Gasteiger partial charge in [0, 0.05) is 25.7 Å². The summed E-state index contributed by atoms with van der Waals surface area (Å²) in [6.45, 7) is 7.39. The van der Waals surface area contributed by atoms with Gasteiger partial charge in [-0.25, -0.2) is 9.97 Å². The zero-order valence-corrected chi connectivity index (χ0v) is 11.7. The number of likely N-dealkylation sites (N-methyl/N-ethyl adjacent to an activating group) is 1. The summed E-state index contributed by atoms with van der Waals surface area (Å²) >= 11 is 0. The molecular weight excluding hydrogens is 242 g/mol. The van der Waals surface area contributed by atoms with E-state index in [4.69, 9.17) is 0 Å². The second kappa shape index (κ2) is 7.48. The number of hydrogen-bond acceptors (Lipinski definition) is 5. The summed E-state index contributed by atoms with van der Waals surface area (Å²) in [5.41, 5.74) is 0.363. The fourth-order valence-electron chi connectivity index (χ4n) is 1.44. The molecule has 0 radical (unpaired) electrons. The van der Waals surface area contributed by atoms with Crippen molar-refractivity contribution >= 4 is 11.7 Å². The Hall–Kier alpha value is -1.95. The van der Waals surface area contributed by atoms with E-state index >= 15 is 0 Å². The van der Waals surface area contributed by atoms with Crippen molar-refractivity contribution in [2.45, 2.75) is 6.92 Å². The summed E-state index contributed by atoms with van der Waals surface area (Å²) in [7, 11) is 4.00. The Morgan fingerprint density at radius 1 is 1.47 bits per heavy atom. The third-order valence-corrected chi connectivity index (χ3v) is 2.34. The number of nitrogens with zero attached hydrogens (tertiary/aromatic N) is 3. The standard InChI is InChI=1S/C13H21N5O/c1-5-6-15-13(19)11-9-12(17-10(2)16-11)14-7-8-18(3)4/h5,9H,1,6-8H2,2-4H3,(H,15,19)(H,14,16,17). The van der Waals surface area contributed by atoms with Gasteiger partial charge in [-0.3, -0.25) is 4.79 Å². The molecule has 0 saturated heterocycles. The van der Waals surface area contributed by atoms with E-state index in [0.717, 1.165) is 13.1 Å². The van der Waals surface area contributed by atoms with Crippen LogP contribution in [0, 0.1) is 6.92 Å². The Kier molecular flexibility index (Phi) is 5.95. The third kappa shape index (κ3) is 5.48. The smallest absolute Gasteiger partial charge is 0.270 e. The maximum absolute atomic E-state index is 11.8. The molecule has 0 saturated carbocycles. The molecule has 0 aliphatic carbocycles. The number of rotatable bonds is 7. The van der Waals surface area contributed by atoms with Crippen molar-refractivity contribution in [1.82, 2.24) is 20.2 Å². The molecule has 0 aliphatic heterocycles. The number of aryl methyl sites for hydroxylation is 1. The highest BCUT2D eigenvalue weighted by Gasteiger charge is 2.09. The van der Waals surface area contributed by atoms with Crippen LogP contribution in [0.5, 0.6) is 0 Å². The number of carbonyl (C=O) groups is 1. The van der Waals surface area contributed by atoms with Gasteiger partial charge in [0.2, 0.25) is 0 Å². The van der Waals surface area contributed by atoms with E-state index in [1.165, 1.54) is 0 Å². The van der Waals surface area contributed by atoms with Crippen LogP contribution in [0.4, 0.5) is 5.82 Å². The molecule has 1 heterocycles. The maximum atomic E-state index is 11.8. The third-order valence-electron chi connectivity index (χ3n) is 2.34. The van der Waals surface area contributed by atoms with E-state index in [1.807, 2.05) is 14.1 Å². The monoisotopic (exact) mass is 263 g/mol. The summed E-state index contributed by atoms with van der Waals surface area (Å²) < 4.78 is 0. The molecule has 1 amide bonds. The van der Waals surface area contributed by atoms with Gasteiger partial charge in [0.15, 0.2) is 0 Å². The predicted molar refractivity (Wildman–Crippen MR) is 76.3 cm³/mol. The van der Waals surface area contributed by atoms with E-state index in [1.54, 1.807) is 19.1 Å². The summed E-state index contributed by atoms with van der Waals surface area (Å²) in [5, 5.41) is 5.87. The Labute approximate surface area is 113 Å². The van der Waals surface area contributed by atoms with E-state index in [0.29, 0.717) is 23.9 Å². The minimum atomic E-state index is -0.221. The second-order valence-corrected chi connectivity index (χ2v) is 4.41. The van der Waals surface area contributed by atoms with Crippen molar-refractivity contribution in [3.8, 4) is 0 Å². The molecule has 2 N–H and O–H groups in total. The highest BCUT2D eigenvalue weighted by Crippen LogP contribution is 2.06. The highest BCUT2D eigenvalue weighted by atomic mass is 16.1. The lowest BCUT2D eigenvalue weighted by molar-refractivity contribution is 0.0952. The number of hydrogen-bond donors (Lipinski definition) is 2. The first kappa shape index (κ1) is 15.1. The Morgan fingerprint density at radius 2 is 2.21 bits per heavy atom. The van der Waals surface area contributed by atoms with Crippen molar-refractivity contribution in [2.75, 3.05) is 39.0 Å². The van der Waals surface area contributed by atoms with Crippen molar-refractivity contribution in [3.05, 3.63) is 30.2 Å². The Bertz CT molecular complexity index is 445. The second-order valence-electron chi connectivity index (χ2n) is 4.41. The van der Waals surface area contributed by atoms with Crippen molar-refractivity contribution < 1.29 is 4.79 Å². The van der Waals surface area contributed by atoms with Gasteiger partial charge in [-0.1, -0.05) is 6.08 Å². The molecule has 0 atom stereocenters. The fraction of sp³-hybridized carbons (Fsp3) is 0.462. The molecule has 0 aliphatic rings. The molecule has 104 valence electrons. The van der Waals surface area contributed by atoms with Crippen LogP contribution < -0.4 is 10.6 Å². The van der Waals surface area contributed by atoms with Crippen LogP contribution in [-0.2, 0) is 0 Å². The van der Waals surface area contributed by atoms with Crippen LogP contribution in [0.2, 0.25) is 0 Å². The number of aromatic nitrogens is 2. The van der Waals surface area contributed by atoms with Crippen LogP contribution in [0.15, 0.2) is 18.7 Å². The average Bonchev–Trinajstić information content (AvgIpc) is 2.34. The summed E-state index contributed by atoms with van der Waals surface area (Å²) in [4.78, 5) is 22.2. The zero-order valence-electron chi connectivity index (χ0n) is 11.7. The lowest BCUT2D eigenvalue weighted by Crippen LogP contribution is -2.25. The molecule has 6 heteroatoms. The van der Waals surface area contributed by atoms with Gasteiger partial charge in [-0.2, -0.15) is 0 Å². The van der Waals surface area contributed by atoms with E-state index in [9.17, 15) is 4.79 Å². The minimum Gasteiger partial charge on any atom is -0.369 e. The Morgan fingerprint density at radius 3 is 2.84 bits per heavy atom. The van der Waals surface area contributed by atoms with Gasteiger partial charge in [0.05, 0.1) is 0 Å². The van der Waals surface area contributed by atoms with Gasteiger partial charge in [0.25, 0.3) is 5.91 Å². The van der Waals surface area contributed by atoms with Gasteiger partial charge in [0.1, 0.15) is 17.3 Å². The fourth-order valence-corrected chi connectivity index (χ4v) is 1.44. The summed E-state index contributed by atoms with van der Waals surface area (Å²) in [6.07, 6.45) is 1.63. The van der Waals surface area contributed by atoms with E-state index in [2.05, 4.69) is 32.1 Å². The van der Waals surface area contributed by atoms with E-state index in [-0.39, 0.29) is 5.91 Å². The molecule has 19 heavy (non-hydrogen) atoms. The van der Waals surface area contributed by atoms with Gasteiger partial charge in [-0.15, -0.1) is 6.58 Å². The molecule has 1 aromatic heterocycles. The maximum Gasteiger partial charge on any atom is 0.270 e. The first-order valence-electron chi connectivity index (χ1n) is 6.16. The van der Waals surface area contributed by atoms with Crippen LogP contribution in [-0.4, -0.2) is 54.5 Å².